The normalized spacial score (nSPS) is 18.7. The summed E-state index contributed by atoms with van der Waals surface area (Å²) in [5.74, 6) is 1.47. The number of thioether (sulfide) groups is 1. The number of carbonyl (C=O) groups excluding carboxylic acids is 1. The zero-order chi connectivity index (χ0) is 16.9. The topological polar surface area (TPSA) is 63.1 Å². The van der Waals surface area contributed by atoms with E-state index in [1.807, 2.05) is 30.8 Å². The van der Waals surface area contributed by atoms with E-state index in [4.69, 9.17) is 0 Å². The summed E-state index contributed by atoms with van der Waals surface area (Å²) in [5, 5.41) is 14.6. The van der Waals surface area contributed by atoms with Gasteiger partial charge in [0, 0.05) is 24.4 Å². The van der Waals surface area contributed by atoms with Gasteiger partial charge in [-0.05, 0) is 37.1 Å². The third-order valence-corrected chi connectivity index (χ3v) is 5.93. The number of nitrogens with one attached hydrogen (secondary N) is 1. The van der Waals surface area contributed by atoms with Crippen molar-refractivity contribution in [3.63, 3.8) is 0 Å². The Morgan fingerprint density at radius 1 is 1.50 bits per heavy atom. The Kier molecular flexibility index (Phi) is 5.91. The molecule has 0 saturated carbocycles. The minimum absolute atomic E-state index is 0.0896. The van der Waals surface area contributed by atoms with Crippen molar-refractivity contribution in [3.8, 4) is 0 Å². The van der Waals surface area contributed by atoms with Gasteiger partial charge in [0.05, 0.1) is 13.1 Å². The number of aromatic nitrogens is 3. The highest BCUT2D eigenvalue weighted by Gasteiger charge is 2.26. The van der Waals surface area contributed by atoms with Crippen molar-refractivity contribution < 1.29 is 4.79 Å². The molecule has 1 amide bonds. The molecule has 3 rings (SSSR count). The predicted octanol–water partition coefficient (Wildman–Crippen LogP) is 2.09. The molecule has 130 valence electrons. The summed E-state index contributed by atoms with van der Waals surface area (Å²) in [5.41, 5.74) is 0. The van der Waals surface area contributed by atoms with Crippen molar-refractivity contribution in [2.45, 2.75) is 30.5 Å². The van der Waals surface area contributed by atoms with Gasteiger partial charge >= 0.3 is 0 Å². The maximum absolute atomic E-state index is 12.2. The molecule has 6 nitrogen and oxygen atoms in total. The minimum Gasteiger partial charge on any atom is -0.350 e. The molecule has 8 heteroatoms. The SMILES string of the molecule is CSc1nnc(C2CCCN(CC(=O)NCc3cccs3)C2)n1C. The average molecular weight is 366 g/mol. The van der Waals surface area contributed by atoms with Crippen LogP contribution in [0.5, 0.6) is 0 Å². The first-order valence-corrected chi connectivity index (χ1v) is 10.2. The van der Waals surface area contributed by atoms with Crippen LogP contribution in [0.25, 0.3) is 0 Å². The number of rotatable bonds is 6. The molecule has 0 spiro atoms. The van der Waals surface area contributed by atoms with Crippen LogP contribution in [-0.4, -0.2) is 51.5 Å². The summed E-state index contributed by atoms with van der Waals surface area (Å²) in [6.07, 6.45) is 4.21. The molecule has 24 heavy (non-hydrogen) atoms. The Balaban J connectivity index is 1.53. The van der Waals surface area contributed by atoms with E-state index in [0.29, 0.717) is 19.0 Å². The summed E-state index contributed by atoms with van der Waals surface area (Å²) < 4.78 is 2.08. The summed E-state index contributed by atoms with van der Waals surface area (Å²) >= 11 is 3.28. The van der Waals surface area contributed by atoms with Crippen LogP contribution >= 0.6 is 23.1 Å². The van der Waals surface area contributed by atoms with E-state index in [9.17, 15) is 4.79 Å². The number of piperidine rings is 1. The van der Waals surface area contributed by atoms with Crippen LogP contribution in [0.1, 0.15) is 29.5 Å². The Labute approximate surface area is 150 Å². The number of likely N-dealkylation sites (tertiary alicyclic amines) is 1. The highest BCUT2D eigenvalue weighted by atomic mass is 32.2. The van der Waals surface area contributed by atoms with Gasteiger partial charge in [0.1, 0.15) is 5.82 Å². The van der Waals surface area contributed by atoms with E-state index < -0.39 is 0 Å². The van der Waals surface area contributed by atoms with Crippen molar-refractivity contribution in [2.75, 3.05) is 25.9 Å². The van der Waals surface area contributed by atoms with E-state index in [1.165, 1.54) is 4.88 Å². The van der Waals surface area contributed by atoms with Crippen molar-refractivity contribution in [1.29, 1.82) is 0 Å². The Morgan fingerprint density at radius 2 is 2.38 bits per heavy atom. The molecule has 2 aromatic heterocycles. The minimum atomic E-state index is 0.0896. The largest absolute Gasteiger partial charge is 0.350 e. The summed E-state index contributed by atoms with van der Waals surface area (Å²) in [6, 6.07) is 4.05. The second-order valence-corrected chi connectivity index (χ2v) is 7.84. The molecule has 3 heterocycles. The van der Waals surface area contributed by atoms with Gasteiger partial charge in [-0.1, -0.05) is 17.8 Å². The molecule has 1 saturated heterocycles. The smallest absolute Gasteiger partial charge is 0.234 e. The second kappa shape index (κ2) is 8.13. The highest BCUT2D eigenvalue weighted by Crippen LogP contribution is 2.27. The van der Waals surface area contributed by atoms with E-state index in [-0.39, 0.29) is 5.91 Å². The van der Waals surface area contributed by atoms with Gasteiger partial charge in [-0.2, -0.15) is 0 Å². The number of thiophene rings is 1. The molecule has 2 aromatic rings. The van der Waals surface area contributed by atoms with Crippen LogP contribution in [-0.2, 0) is 18.4 Å². The lowest BCUT2D eigenvalue weighted by Crippen LogP contribution is -2.42. The van der Waals surface area contributed by atoms with Gasteiger partial charge in [0.25, 0.3) is 0 Å². The van der Waals surface area contributed by atoms with Crippen LogP contribution in [0.15, 0.2) is 22.7 Å². The molecule has 0 radical (unpaired) electrons. The Morgan fingerprint density at radius 3 is 3.08 bits per heavy atom. The first-order valence-electron chi connectivity index (χ1n) is 8.12. The molecular formula is C16H23N5OS2. The second-order valence-electron chi connectivity index (χ2n) is 6.03. The summed E-state index contributed by atoms with van der Waals surface area (Å²) in [6.45, 7) is 2.91. The quantitative estimate of drug-likeness (QED) is 0.794. The first-order chi connectivity index (χ1) is 11.7. The monoisotopic (exact) mass is 365 g/mol. The average Bonchev–Trinajstić information content (AvgIpc) is 3.22. The van der Waals surface area contributed by atoms with Gasteiger partial charge < -0.3 is 9.88 Å². The van der Waals surface area contributed by atoms with Crippen LogP contribution in [0.3, 0.4) is 0 Å². The summed E-state index contributed by atoms with van der Waals surface area (Å²) in [4.78, 5) is 15.6. The Hall–Kier alpha value is -1.38. The number of nitrogens with zero attached hydrogens (tertiary/aromatic N) is 4. The van der Waals surface area contributed by atoms with Crippen LogP contribution in [0.4, 0.5) is 0 Å². The third-order valence-electron chi connectivity index (χ3n) is 4.33. The molecule has 1 aliphatic heterocycles. The lowest BCUT2D eigenvalue weighted by Gasteiger charge is -2.31. The maximum Gasteiger partial charge on any atom is 0.234 e. The van der Waals surface area contributed by atoms with Crippen LogP contribution in [0, 0.1) is 0 Å². The summed E-state index contributed by atoms with van der Waals surface area (Å²) in [7, 11) is 2.02. The van der Waals surface area contributed by atoms with Crippen molar-refractivity contribution >= 4 is 29.0 Å². The predicted molar refractivity (Wildman–Crippen MR) is 97.4 cm³/mol. The zero-order valence-corrected chi connectivity index (χ0v) is 15.7. The molecular weight excluding hydrogens is 342 g/mol. The third kappa shape index (κ3) is 4.17. The van der Waals surface area contributed by atoms with Gasteiger partial charge in [-0.15, -0.1) is 21.5 Å². The molecule has 1 atom stereocenters. The molecule has 0 aliphatic carbocycles. The van der Waals surface area contributed by atoms with E-state index in [2.05, 4.69) is 25.0 Å². The maximum atomic E-state index is 12.2. The van der Waals surface area contributed by atoms with Crippen molar-refractivity contribution in [1.82, 2.24) is 25.0 Å². The first kappa shape index (κ1) is 17.4. The Bertz CT molecular complexity index is 670. The lowest BCUT2D eigenvalue weighted by molar-refractivity contribution is -0.122. The number of hydrogen-bond acceptors (Lipinski definition) is 6. The molecule has 0 aromatic carbocycles. The molecule has 1 N–H and O–H groups in total. The van der Waals surface area contributed by atoms with Crippen molar-refractivity contribution in [2.24, 2.45) is 7.05 Å². The highest BCUT2D eigenvalue weighted by molar-refractivity contribution is 7.98. The fraction of sp³-hybridized carbons (Fsp3) is 0.562. The standard InChI is InChI=1S/C16H23N5OS2/c1-20-15(18-19-16(20)23-2)12-5-3-7-21(10-12)11-14(22)17-9-13-6-4-8-24-13/h4,6,8,12H,3,5,7,9-11H2,1-2H3,(H,17,22). The molecule has 1 aliphatic rings. The number of hydrogen-bond donors (Lipinski definition) is 1. The molecule has 1 fully saturated rings. The van der Waals surface area contributed by atoms with E-state index in [0.717, 1.165) is 36.9 Å². The number of carbonyl (C=O) groups is 1. The van der Waals surface area contributed by atoms with Gasteiger partial charge in [-0.25, -0.2) is 0 Å². The zero-order valence-electron chi connectivity index (χ0n) is 14.1. The van der Waals surface area contributed by atoms with Gasteiger partial charge in [0.2, 0.25) is 5.91 Å². The van der Waals surface area contributed by atoms with E-state index in [1.54, 1.807) is 23.1 Å². The van der Waals surface area contributed by atoms with Crippen molar-refractivity contribution in [3.05, 3.63) is 28.2 Å². The lowest BCUT2D eigenvalue weighted by atomic mass is 9.97. The molecule has 1 unspecified atom stereocenters. The molecule has 0 bridgehead atoms. The van der Waals surface area contributed by atoms with Crippen LogP contribution in [0.2, 0.25) is 0 Å². The van der Waals surface area contributed by atoms with Gasteiger partial charge in [-0.3, -0.25) is 9.69 Å². The van der Waals surface area contributed by atoms with E-state index >= 15 is 0 Å². The van der Waals surface area contributed by atoms with Gasteiger partial charge in [0.15, 0.2) is 5.16 Å². The fourth-order valence-corrected chi connectivity index (χ4v) is 4.26. The fourth-order valence-electron chi connectivity index (χ4n) is 3.13. The van der Waals surface area contributed by atoms with Crippen LogP contribution < -0.4 is 5.32 Å². The number of amides is 1.